The largest absolute Gasteiger partial charge is 0.399 e. The summed E-state index contributed by atoms with van der Waals surface area (Å²) < 4.78 is 0.936. The molecule has 0 radical (unpaired) electrons. The van der Waals surface area contributed by atoms with Crippen LogP contribution in [0.15, 0.2) is 89.4 Å². The van der Waals surface area contributed by atoms with E-state index in [0.717, 1.165) is 103 Å². The van der Waals surface area contributed by atoms with E-state index in [1.54, 1.807) is 0 Å². The number of hydrogen-bond donors (Lipinski definition) is 3. The Morgan fingerprint density at radius 2 is 0.725 bits per heavy atom. The number of fused-ring (bicyclic) bond motifs is 8. The van der Waals surface area contributed by atoms with Crippen LogP contribution in [0, 0.1) is 0 Å². The molecule has 3 aromatic heterocycles. The van der Waals surface area contributed by atoms with Gasteiger partial charge in [-0.3, -0.25) is 0 Å². The van der Waals surface area contributed by atoms with Gasteiger partial charge in [0.15, 0.2) is 0 Å². The second-order valence-corrected chi connectivity index (χ2v) is 20.2. The number of nitrogens with two attached hydrogens (primary N) is 1. The minimum Gasteiger partial charge on any atom is -0.399 e. The molecule has 4 N–H and O–H groups in total. The number of nitrogens with one attached hydrogen (secondary N) is 2. The number of H-pyrrole nitrogens is 2. The fraction of sp³-hybridized carbons (Fsp3) is 0.387. The second kappa shape index (κ2) is 25.9. The smallest absolute Gasteiger partial charge is 0.0801 e. The van der Waals surface area contributed by atoms with Crippen molar-refractivity contribution in [3.63, 3.8) is 0 Å². The molecule has 0 spiro atoms. The minimum absolute atomic E-state index is 0. The molecule has 0 atom stereocenters. The van der Waals surface area contributed by atoms with Crippen molar-refractivity contribution in [2.45, 2.75) is 156 Å². The van der Waals surface area contributed by atoms with Gasteiger partial charge in [-0.15, -0.1) is 0 Å². The molecule has 0 unspecified atom stereocenters. The Balaban J connectivity index is 0.00000703. The van der Waals surface area contributed by atoms with Gasteiger partial charge in [0.25, 0.3) is 0 Å². The number of unbranched alkanes of at least 4 members (excludes halogenated alkanes) is 12. The molecule has 0 saturated heterocycles. The SMILES string of the molecule is CCCCCCc1cc(CCCCCC)cc(-c2c3nc(c(-c4ccc(N)cc4)c4ccc([nH]4)c(-c4cc(CCCCCC)cc(CCCCCC)c4)c4nc(c(Br)c5ccc2[nH]5)C=C4)C=C3)c1.[Zn]. The van der Waals surface area contributed by atoms with Gasteiger partial charge in [-0.1, -0.05) is 153 Å². The average Bonchev–Trinajstić information content (AvgIpc) is 4.20. The molecule has 0 amide bonds. The van der Waals surface area contributed by atoms with Gasteiger partial charge in [0, 0.05) is 58.4 Å². The molecule has 2 aliphatic heterocycles. The van der Waals surface area contributed by atoms with E-state index >= 15 is 0 Å². The molecule has 69 heavy (non-hydrogen) atoms. The Labute approximate surface area is 434 Å². The van der Waals surface area contributed by atoms with Gasteiger partial charge in [-0.05, 0) is 167 Å². The van der Waals surface area contributed by atoms with Crippen molar-refractivity contribution in [1.82, 2.24) is 19.9 Å². The van der Waals surface area contributed by atoms with Crippen LogP contribution in [0.3, 0.4) is 0 Å². The van der Waals surface area contributed by atoms with Crippen LogP contribution >= 0.6 is 15.9 Å². The molecule has 8 rings (SSSR count). The number of nitrogens with zero attached hydrogens (tertiary/aromatic N) is 2. The maximum Gasteiger partial charge on any atom is 0.0801 e. The molecule has 0 saturated carbocycles. The van der Waals surface area contributed by atoms with Crippen LogP contribution in [0.5, 0.6) is 0 Å². The zero-order valence-electron chi connectivity index (χ0n) is 42.1. The van der Waals surface area contributed by atoms with Crippen molar-refractivity contribution in [3.05, 3.63) is 134 Å². The van der Waals surface area contributed by atoms with Crippen LogP contribution in [-0.2, 0) is 45.2 Å². The molecule has 6 aromatic rings. The average molecular weight is 1030 g/mol. The number of nitrogen functional groups attached to an aromatic ring is 1. The Hall–Kier alpha value is -4.84. The molecular weight excluding hydrogens is 960 g/mol. The number of aromatic nitrogens is 4. The quantitative estimate of drug-likeness (QED) is 0.0339. The summed E-state index contributed by atoms with van der Waals surface area (Å²) in [5.74, 6) is 0. The molecule has 2 aliphatic rings. The van der Waals surface area contributed by atoms with Gasteiger partial charge in [-0.25, -0.2) is 9.97 Å². The van der Waals surface area contributed by atoms with Crippen molar-refractivity contribution < 1.29 is 19.5 Å². The first-order chi connectivity index (χ1) is 33.3. The molecule has 0 fully saturated rings. The summed E-state index contributed by atoms with van der Waals surface area (Å²) >= 11 is 4.07. The first-order valence-corrected chi connectivity index (χ1v) is 27.1. The molecule has 356 valence electrons. The van der Waals surface area contributed by atoms with Gasteiger partial charge in [-0.2, -0.15) is 0 Å². The van der Waals surface area contributed by atoms with E-state index in [1.807, 2.05) is 12.1 Å². The molecule has 8 bridgehead atoms. The summed E-state index contributed by atoms with van der Waals surface area (Å²) in [6, 6.07) is 31.8. The van der Waals surface area contributed by atoms with Crippen LogP contribution < -0.4 is 5.73 Å². The van der Waals surface area contributed by atoms with Crippen LogP contribution in [-0.4, -0.2) is 19.9 Å². The first kappa shape index (κ1) is 52.0. The summed E-state index contributed by atoms with van der Waals surface area (Å²) in [5, 5.41) is 0. The van der Waals surface area contributed by atoms with E-state index in [1.165, 1.54) is 136 Å². The molecule has 7 heteroatoms. The van der Waals surface area contributed by atoms with Gasteiger partial charge >= 0.3 is 0 Å². The number of halogens is 1. The first-order valence-electron chi connectivity index (χ1n) is 26.3. The van der Waals surface area contributed by atoms with E-state index in [9.17, 15) is 0 Å². The summed E-state index contributed by atoms with van der Waals surface area (Å²) in [6.07, 6.45) is 33.0. The zero-order valence-corrected chi connectivity index (χ0v) is 46.6. The number of anilines is 1. The van der Waals surface area contributed by atoms with Crippen molar-refractivity contribution in [2.24, 2.45) is 0 Å². The number of aryl methyl sites for hydroxylation is 4. The van der Waals surface area contributed by atoms with Gasteiger partial charge in [0.1, 0.15) is 0 Å². The monoisotopic (exact) mass is 1030 g/mol. The predicted octanol–water partition coefficient (Wildman–Crippen LogP) is 18.5. The van der Waals surface area contributed by atoms with E-state index in [0.29, 0.717) is 0 Å². The third-order valence-corrected chi connectivity index (χ3v) is 14.7. The Kier molecular flexibility index (Phi) is 19.5. The standard InChI is InChI=1S/C62H74BrN5.Zn/c1-5-9-13-17-21-43-37-44(22-18-14-10-6-2)40-48(39-43)60-53-31-29-51(65-53)59(47-25-27-50(64)28-26-47)52-30-32-54(66-52)61(56-34-36-58(68-56)62(63)57-35-33-55(60)67-57)49-41-45(23-19-15-11-7-3)38-46(42-49)24-20-16-12-8-4;/h25-42,65,68H,5-24,64H2,1-4H3;. The van der Waals surface area contributed by atoms with Crippen molar-refractivity contribution in [1.29, 1.82) is 0 Å². The van der Waals surface area contributed by atoms with Crippen LogP contribution in [0.2, 0.25) is 0 Å². The maximum atomic E-state index is 6.33. The van der Waals surface area contributed by atoms with E-state index in [-0.39, 0.29) is 19.5 Å². The van der Waals surface area contributed by atoms with Crippen LogP contribution in [0.4, 0.5) is 5.69 Å². The van der Waals surface area contributed by atoms with E-state index < -0.39 is 0 Å². The van der Waals surface area contributed by atoms with Crippen LogP contribution in [0.25, 0.3) is 79.8 Å². The topological polar surface area (TPSA) is 83.4 Å². The number of benzene rings is 3. The summed E-state index contributed by atoms with van der Waals surface area (Å²) in [5.41, 5.74) is 27.2. The molecular formula is C62H74BrN5Zn. The molecule has 0 aliphatic carbocycles. The third-order valence-electron chi connectivity index (χ3n) is 13.8. The number of aromatic amines is 2. The van der Waals surface area contributed by atoms with Gasteiger partial charge in [0.2, 0.25) is 0 Å². The zero-order chi connectivity index (χ0) is 47.2. The Bertz CT molecular complexity index is 2750. The second-order valence-electron chi connectivity index (χ2n) is 19.4. The molecule has 5 heterocycles. The van der Waals surface area contributed by atoms with E-state index in [4.69, 9.17) is 15.7 Å². The number of hydrogen-bond acceptors (Lipinski definition) is 3. The van der Waals surface area contributed by atoms with Gasteiger partial charge < -0.3 is 15.7 Å². The summed E-state index contributed by atoms with van der Waals surface area (Å²) in [7, 11) is 0. The molecule has 3 aromatic carbocycles. The van der Waals surface area contributed by atoms with Crippen LogP contribution in [0.1, 0.15) is 175 Å². The number of rotatable bonds is 23. The fourth-order valence-electron chi connectivity index (χ4n) is 10.1. The molecule has 5 nitrogen and oxygen atoms in total. The summed E-state index contributed by atoms with van der Waals surface area (Å²) in [6.45, 7) is 9.16. The van der Waals surface area contributed by atoms with Gasteiger partial charge in [0.05, 0.1) is 32.8 Å². The Morgan fingerprint density at radius 1 is 0.391 bits per heavy atom. The van der Waals surface area contributed by atoms with Crippen molar-refractivity contribution in [2.75, 3.05) is 5.73 Å². The summed E-state index contributed by atoms with van der Waals surface area (Å²) in [4.78, 5) is 18.9. The third kappa shape index (κ3) is 13.3. The Morgan fingerprint density at radius 3 is 1.12 bits per heavy atom. The van der Waals surface area contributed by atoms with Crippen molar-refractivity contribution >= 4 is 68.0 Å². The predicted molar refractivity (Wildman–Crippen MR) is 299 cm³/mol. The normalized spacial score (nSPS) is 12.0. The maximum absolute atomic E-state index is 6.33. The van der Waals surface area contributed by atoms with Crippen molar-refractivity contribution in [3.8, 4) is 33.4 Å². The minimum atomic E-state index is 0. The van der Waals surface area contributed by atoms with E-state index in [2.05, 4.69) is 151 Å². The fourth-order valence-corrected chi connectivity index (χ4v) is 10.6.